The predicted octanol–water partition coefficient (Wildman–Crippen LogP) is 3.87. The molecule has 0 spiro atoms. The summed E-state index contributed by atoms with van der Waals surface area (Å²) in [6.07, 6.45) is 5.00. The minimum atomic E-state index is -0.732. The molecular formula is C21H23ClN2O2. The van der Waals surface area contributed by atoms with Crippen LogP contribution in [0.4, 0.5) is 0 Å². The van der Waals surface area contributed by atoms with Crippen LogP contribution in [0.1, 0.15) is 30.1 Å². The molecule has 1 fully saturated rings. The lowest BCUT2D eigenvalue weighted by Gasteiger charge is -2.26. The van der Waals surface area contributed by atoms with E-state index in [-0.39, 0.29) is 18.5 Å². The van der Waals surface area contributed by atoms with Crippen molar-refractivity contribution in [2.24, 2.45) is 0 Å². The molecule has 2 aromatic carbocycles. The molecule has 0 radical (unpaired) electrons. The zero-order valence-corrected chi connectivity index (χ0v) is 15.3. The van der Waals surface area contributed by atoms with Gasteiger partial charge in [-0.25, -0.2) is 0 Å². The van der Waals surface area contributed by atoms with E-state index in [9.17, 15) is 5.11 Å². The highest BCUT2D eigenvalue weighted by atomic mass is 35.5. The molecule has 0 saturated carbocycles. The molecule has 136 valence electrons. The predicted molar refractivity (Wildman–Crippen MR) is 106 cm³/mol. The highest BCUT2D eigenvalue weighted by molar-refractivity contribution is 5.87. The average molecular weight is 371 g/mol. The van der Waals surface area contributed by atoms with Crippen molar-refractivity contribution >= 4 is 23.2 Å². The molecule has 1 aliphatic rings. The maximum Gasteiger partial charge on any atom is 0.126 e. The molecule has 1 unspecified atom stereocenters. The standard InChI is InChI=1S/C21H22N2O2.ClH/c24-21(15-4-2-1-3-5-15)20-18-10-13-23-14-16(18)6-7-19(20)25-17-8-11-22-12-9-17;/h1-7,10,13-14,17,21-22,24H,8-9,11-12H2;1H. The summed E-state index contributed by atoms with van der Waals surface area (Å²) in [6.45, 7) is 1.94. The molecule has 1 aromatic heterocycles. The van der Waals surface area contributed by atoms with Crippen molar-refractivity contribution < 1.29 is 9.84 Å². The van der Waals surface area contributed by atoms with E-state index in [4.69, 9.17) is 4.74 Å². The van der Waals surface area contributed by atoms with Gasteiger partial charge in [-0.3, -0.25) is 4.98 Å². The summed E-state index contributed by atoms with van der Waals surface area (Å²) < 4.78 is 6.32. The lowest BCUT2D eigenvalue weighted by Crippen LogP contribution is -2.34. The van der Waals surface area contributed by atoms with Crippen LogP contribution in [0.2, 0.25) is 0 Å². The molecule has 1 saturated heterocycles. The first kappa shape index (κ1) is 18.6. The van der Waals surface area contributed by atoms with Crippen LogP contribution in [-0.2, 0) is 0 Å². The quantitative estimate of drug-likeness (QED) is 0.732. The lowest BCUT2D eigenvalue weighted by molar-refractivity contribution is 0.152. The first-order valence-corrected chi connectivity index (χ1v) is 8.80. The van der Waals surface area contributed by atoms with Gasteiger partial charge in [0.15, 0.2) is 0 Å². The van der Waals surface area contributed by atoms with Gasteiger partial charge in [-0.15, -0.1) is 12.4 Å². The Labute approximate surface area is 159 Å². The third-order valence-corrected chi connectivity index (χ3v) is 4.79. The van der Waals surface area contributed by atoms with Crippen LogP contribution in [0.5, 0.6) is 5.75 Å². The van der Waals surface area contributed by atoms with Gasteiger partial charge < -0.3 is 15.2 Å². The Morgan fingerprint density at radius 1 is 1.04 bits per heavy atom. The molecule has 2 N–H and O–H groups in total. The van der Waals surface area contributed by atoms with Gasteiger partial charge in [-0.1, -0.05) is 30.3 Å². The molecule has 3 aromatic rings. The minimum absolute atomic E-state index is 0. The van der Waals surface area contributed by atoms with E-state index in [1.54, 1.807) is 6.20 Å². The van der Waals surface area contributed by atoms with Crippen LogP contribution in [0.15, 0.2) is 60.9 Å². The van der Waals surface area contributed by atoms with E-state index in [2.05, 4.69) is 10.3 Å². The highest BCUT2D eigenvalue weighted by Gasteiger charge is 2.22. The van der Waals surface area contributed by atoms with E-state index >= 15 is 0 Å². The van der Waals surface area contributed by atoms with Crippen LogP contribution >= 0.6 is 12.4 Å². The molecule has 0 aliphatic carbocycles. The van der Waals surface area contributed by atoms with Crippen LogP contribution in [0.25, 0.3) is 10.8 Å². The van der Waals surface area contributed by atoms with Gasteiger partial charge >= 0.3 is 0 Å². The number of piperidine rings is 1. The monoisotopic (exact) mass is 370 g/mol. The second kappa shape index (κ2) is 8.49. The SMILES string of the molecule is Cl.OC(c1ccccc1)c1c(OC2CCNCC2)ccc2cnccc12. The average Bonchev–Trinajstić information content (AvgIpc) is 2.69. The van der Waals surface area contributed by atoms with Crippen molar-refractivity contribution in [2.45, 2.75) is 25.0 Å². The van der Waals surface area contributed by atoms with Crippen molar-refractivity contribution in [1.82, 2.24) is 10.3 Å². The van der Waals surface area contributed by atoms with Gasteiger partial charge in [0, 0.05) is 23.3 Å². The zero-order valence-electron chi connectivity index (χ0n) is 14.5. The number of benzene rings is 2. The molecule has 4 nitrogen and oxygen atoms in total. The number of aromatic nitrogens is 1. The fourth-order valence-electron chi connectivity index (χ4n) is 3.45. The van der Waals surface area contributed by atoms with Crippen molar-refractivity contribution in [2.75, 3.05) is 13.1 Å². The summed E-state index contributed by atoms with van der Waals surface area (Å²) >= 11 is 0. The number of aliphatic hydroxyl groups is 1. The third kappa shape index (κ3) is 3.83. The topological polar surface area (TPSA) is 54.4 Å². The first-order valence-electron chi connectivity index (χ1n) is 8.80. The Hall–Kier alpha value is -2.14. The Bertz CT molecular complexity index is 851. The van der Waals surface area contributed by atoms with Gasteiger partial charge in [-0.2, -0.15) is 0 Å². The van der Waals surface area contributed by atoms with Crippen LogP contribution < -0.4 is 10.1 Å². The minimum Gasteiger partial charge on any atom is -0.490 e. The second-order valence-electron chi connectivity index (χ2n) is 6.45. The zero-order chi connectivity index (χ0) is 17.1. The molecule has 2 heterocycles. The molecule has 4 rings (SSSR count). The van der Waals surface area contributed by atoms with E-state index in [0.717, 1.165) is 53.6 Å². The Kier molecular flexibility index (Phi) is 6.09. The van der Waals surface area contributed by atoms with Crippen LogP contribution in [0, 0.1) is 0 Å². The number of nitrogens with one attached hydrogen (secondary N) is 1. The molecule has 1 aliphatic heterocycles. The van der Waals surface area contributed by atoms with Gasteiger partial charge in [0.2, 0.25) is 0 Å². The molecule has 0 bridgehead atoms. The number of ether oxygens (including phenoxy) is 1. The number of rotatable bonds is 4. The maximum atomic E-state index is 11.1. The van der Waals surface area contributed by atoms with E-state index < -0.39 is 6.10 Å². The normalized spacial score (nSPS) is 16.0. The summed E-state index contributed by atoms with van der Waals surface area (Å²) in [4.78, 5) is 4.20. The number of nitrogens with zero attached hydrogens (tertiary/aromatic N) is 1. The van der Waals surface area contributed by atoms with Gasteiger partial charge in [0.05, 0.1) is 0 Å². The largest absolute Gasteiger partial charge is 0.490 e. The Morgan fingerprint density at radius 2 is 1.81 bits per heavy atom. The smallest absolute Gasteiger partial charge is 0.126 e. The molecule has 1 atom stereocenters. The third-order valence-electron chi connectivity index (χ3n) is 4.79. The summed E-state index contributed by atoms with van der Waals surface area (Å²) in [6, 6.07) is 15.7. The number of aliphatic hydroxyl groups excluding tert-OH is 1. The second-order valence-corrected chi connectivity index (χ2v) is 6.45. The Morgan fingerprint density at radius 3 is 2.58 bits per heavy atom. The summed E-state index contributed by atoms with van der Waals surface area (Å²) in [5.74, 6) is 0.766. The fraction of sp³-hybridized carbons (Fsp3) is 0.286. The lowest BCUT2D eigenvalue weighted by atomic mass is 9.95. The number of hydrogen-bond acceptors (Lipinski definition) is 4. The first-order chi connectivity index (χ1) is 12.3. The highest BCUT2D eigenvalue weighted by Crippen LogP contribution is 2.37. The van der Waals surface area contributed by atoms with Crippen molar-refractivity contribution in [3.63, 3.8) is 0 Å². The van der Waals surface area contributed by atoms with Crippen LogP contribution in [0.3, 0.4) is 0 Å². The maximum absolute atomic E-state index is 11.1. The van der Waals surface area contributed by atoms with Crippen molar-refractivity contribution in [3.05, 3.63) is 72.1 Å². The van der Waals surface area contributed by atoms with Crippen LogP contribution in [-0.4, -0.2) is 29.3 Å². The molecular weight excluding hydrogens is 348 g/mol. The van der Waals surface area contributed by atoms with Gasteiger partial charge in [0.1, 0.15) is 18.0 Å². The number of halogens is 1. The van der Waals surface area contributed by atoms with E-state index in [1.807, 2.05) is 54.7 Å². The molecule has 5 heteroatoms. The van der Waals surface area contributed by atoms with Gasteiger partial charge in [-0.05, 0) is 55.1 Å². The number of fused-ring (bicyclic) bond motifs is 1. The summed E-state index contributed by atoms with van der Waals surface area (Å²) in [5.41, 5.74) is 1.69. The number of hydrogen-bond donors (Lipinski definition) is 2. The van der Waals surface area contributed by atoms with E-state index in [1.165, 1.54) is 0 Å². The fourth-order valence-corrected chi connectivity index (χ4v) is 3.45. The van der Waals surface area contributed by atoms with Gasteiger partial charge in [0.25, 0.3) is 0 Å². The van der Waals surface area contributed by atoms with E-state index in [0.29, 0.717) is 0 Å². The van der Waals surface area contributed by atoms with Crippen molar-refractivity contribution in [3.8, 4) is 5.75 Å². The number of pyridine rings is 1. The molecule has 26 heavy (non-hydrogen) atoms. The summed E-state index contributed by atoms with van der Waals surface area (Å²) in [7, 11) is 0. The van der Waals surface area contributed by atoms with Crippen molar-refractivity contribution in [1.29, 1.82) is 0 Å². The summed E-state index contributed by atoms with van der Waals surface area (Å²) in [5, 5.41) is 16.4. The molecule has 0 amide bonds. The Balaban J connectivity index is 0.00000196.